The number of halogens is 1. The van der Waals surface area contributed by atoms with E-state index in [1.54, 1.807) is 35.2 Å². The molecule has 0 saturated heterocycles. The second-order valence-electron chi connectivity index (χ2n) is 4.85. The second kappa shape index (κ2) is 6.09. The van der Waals surface area contributed by atoms with Crippen molar-refractivity contribution in [2.75, 3.05) is 5.73 Å². The van der Waals surface area contributed by atoms with Crippen LogP contribution in [-0.2, 0) is 6.54 Å². The molecule has 2 N–H and O–H groups in total. The van der Waals surface area contributed by atoms with E-state index in [4.69, 9.17) is 10.5 Å². The summed E-state index contributed by atoms with van der Waals surface area (Å²) in [6, 6.07) is 5.22. The van der Waals surface area contributed by atoms with Crippen molar-refractivity contribution >= 4 is 21.6 Å². The van der Waals surface area contributed by atoms with Crippen molar-refractivity contribution in [3.63, 3.8) is 0 Å². The zero-order chi connectivity index (χ0) is 14.7. The molecule has 0 aliphatic heterocycles. The number of ether oxygens (including phenoxy) is 1. The molecule has 106 valence electrons. The smallest absolute Gasteiger partial charge is 0.313 e. The van der Waals surface area contributed by atoms with Gasteiger partial charge in [-0.1, -0.05) is 19.9 Å². The minimum absolute atomic E-state index is 0.0412. The number of anilines is 1. The van der Waals surface area contributed by atoms with Crippen LogP contribution in [0.2, 0.25) is 0 Å². The number of hydrogen-bond donors (Lipinski definition) is 1. The zero-order valence-electron chi connectivity index (χ0n) is 11.3. The van der Waals surface area contributed by atoms with Crippen molar-refractivity contribution in [1.29, 1.82) is 0 Å². The maximum Gasteiger partial charge on any atom is 0.313 e. The van der Waals surface area contributed by atoms with Crippen LogP contribution in [0.25, 0.3) is 0 Å². The molecule has 0 bridgehead atoms. The summed E-state index contributed by atoms with van der Waals surface area (Å²) >= 11 is 3.33. The predicted molar refractivity (Wildman–Crippen MR) is 82.0 cm³/mol. The Labute approximate surface area is 125 Å². The molecule has 0 unspecified atom stereocenters. The van der Waals surface area contributed by atoms with Crippen LogP contribution in [0.4, 0.5) is 5.69 Å². The monoisotopic (exact) mass is 337 g/mol. The van der Waals surface area contributed by atoms with Crippen molar-refractivity contribution in [3.05, 3.63) is 45.4 Å². The van der Waals surface area contributed by atoms with Crippen molar-refractivity contribution in [1.82, 2.24) is 9.55 Å². The SMILES string of the molecule is CC(C)Cn1ccnc(Oc2cccc(N)c2Br)c1=O. The van der Waals surface area contributed by atoms with E-state index < -0.39 is 0 Å². The van der Waals surface area contributed by atoms with Gasteiger partial charge in [-0.2, -0.15) is 0 Å². The molecular weight excluding hydrogens is 322 g/mol. The first-order chi connectivity index (χ1) is 9.49. The van der Waals surface area contributed by atoms with Crippen molar-refractivity contribution in [2.24, 2.45) is 5.92 Å². The number of nitrogens with two attached hydrogens (primary N) is 1. The standard InChI is InChI=1S/C14H16BrN3O2/c1-9(2)8-18-7-6-17-13(14(18)19)20-11-5-3-4-10(16)12(11)15/h3-7,9H,8,16H2,1-2H3. The number of aromatic nitrogens is 2. The molecule has 1 aromatic carbocycles. The first kappa shape index (κ1) is 14.6. The molecule has 2 rings (SSSR count). The van der Waals surface area contributed by atoms with E-state index in [1.807, 2.05) is 13.8 Å². The fourth-order valence-corrected chi connectivity index (χ4v) is 2.09. The Hall–Kier alpha value is -1.82. The number of hydrogen-bond acceptors (Lipinski definition) is 4. The Morgan fingerprint density at radius 1 is 1.45 bits per heavy atom. The second-order valence-corrected chi connectivity index (χ2v) is 5.64. The van der Waals surface area contributed by atoms with Gasteiger partial charge in [0.2, 0.25) is 0 Å². The lowest BCUT2D eigenvalue weighted by Gasteiger charge is -2.11. The lowest BCUT2D eigenvalue weighted by atomic mass is 10.2. The minimum atomic E-state index is -0.254. The van der Waals surface area contributed by atoms with Crippen LogP contribution in [0.15, 0.2) is 39.9 Å². The fourth-order valence-electron chi connectivity index (χ4n) is 1.75. The highest BCUT2D eigenvalue weighted by Crippen LogP contribution is 2.32. The Kier molecular flexibility index (Phi) is 4.44. The maximum atomic E-state index is 12.2. The molecular formula is C14H16BrN3O2. The zero-order valence-corrected chi connectivity index (χ0v) is 12.9. The van der Waals surface area contributed by atoms with Gasteiger partial charge in [0.1, 0.15) is 5.75 Å². The summed E-state index contributed by atoms with van der Waals surface area (Å²) in [6.07, 6.45) is 3.21. The molecule has 20 heavy (non-hydrogen) atoms. The van der Waals surface area contributed by atoms with Gasteiger partial charge in [0.25, 0.3) is 5.88 Å². The Balaban J connectivity index is 2.35. The molecule has 0 radical (unpaired) electrons. The van der Waals surface area contributed by atoms with Gasteiger partial charge in [-0.05, 0) is 34.0 Å². The van der Waals surface area contributed by atoms with Crippen molar-refractivity contribution in [2.45, 2.75) is 20.4 Å². The summed E-state index contributed by atoms with van der Waals surface area (Å²) in [5.74, 6) is 0.874. The summed E-state index contributed by atoms with van der Waals surface area (Å²) in [5.41, 5.74) is 6.07. The van der Waals surface area contributed by atoms with Crippen LogP contribution in [0.3, 0.4) is 0 Å². The average molecular weight is 338 g/mol. The van der Waals surface area contributed by atoms with Gasteiger partial charge < -0.3 is 15.0 Å². The summed E-state index contributed by atoms with van der Waals surface area (Å²) in [6.45, 7) is 4.71. The van der Waals surface area contributed by atoms with Crippen molar-refractivity contribution in [3.8, 4) is 11.6 Å². The Morgan fingerprint density at radius 2 is 2.20 bits per heavy atom. The van der Waals surface area contributed by atoms with E-state index >= 15 is 0 Å². The molecule has 1 aromatic heterocycles. The van der Waals surface area contributed by atoms with E-state index in [2.05, 4.69) is 20.9 Å². The van der Waals surface area contributed by atoms with Crippen LogP contribution >= 0.6 is 15.9 Å². The molecule has 0 aliphatic rings. The third kappa shape index (κ3) is 3.19. The highest BCUT2D eigenvalue weighted by Gasteiger charge is 2.11. The van der Waals surface area contributed by atoms with Gasteiger partial charge in [-0.25, -0.2) is 4.98 Å². The first-order valence-electron chi connectivity index (χ1n) is 6.26. The van der Waals surface area contributed by atoms with Gasteiger partial charge in [0, 0.05) is 24.6 Å². The van der Waals surface area contributed by atoms with E-state index in [1.165, 1.54) is 0 Å². The Morgan fingerprint density at radius 3 is 2.90 bits per heavy atom. The van der Waals surface area contributed by atoms with Gasteiger partial charge in [0.15, 0.2) is 0 Å². The van der Waals surface area contributed by atoms with E-state index in [9.17, 15) is 4.79 Å². The lowest BCUT2D eigenvalue weighted by molar-refractivity contribution is 0.431. The van der Waals surface area contributed by atoms with Gasteiger partial charge in [0.05, 0.1) is 4.47 Å². The van der Waals surface area contributed by atoms with Crippen molar-refractivity contribution < 1.29 is 4.74 Å². The van der Waals surface area contributed by atoms with Crippen LogP contribution in [0.5, 0.6) is 11.6 Å². The lowest BCUT2D eigenvalue weighted by Crippen LogP contribution is -2.23. The maximum absolute atomic E-state index is 12.2. The van der Waals surface area contributed by atoms with Gasteiger partial charge in [-0.15, -0.1) is 0 Å². The van der Waals surface area contributed by atoms with Gasteiger partial charge in [-0.3, -0.25) is 4.79 Å². The molecule has 0 atom stereocenters. The molecule has 0 spiro atoms. The molecule has 5 nitrogen and oxygen atoms in total. The largest absolute Gasteiger partial charge is 0.433 e. The van der Waals surface area contributed by atoms with Crippen LogP contribution in [-0.4, -0.2) is 9.55 Å². The van der Waals surface area contributed by atoms with E-state index in [0.717, 1.165) is 0 Å². The molecule has 0 aliphatic carbocycles. The highest BCUT2D eigenvalue weighted by molar-refractivity contribution is 9.10. The molecule has 6 heteroatoms. The summed E-state index contributed by atoms with van der Waals surface area (Å²) < 4.78 is 7.77. The number of nitrogens with zero attached hydrogens (tertiary/aromatic N) is 2. The number of rotatable bonds is 4. The average Bonchev–Trinajstić information content (AvgIpc) is 2.39. The fraction of sp³-hybridized carbons (Fsp3) is 0.286. The minimum Gasteiger partial charge on any atom is -0.433 e. The van der Waals surface area contributed by atoms with Crippen LogP contribution < -0.4 is 16.0 Å². The third-order valence-corrected chi connectivity index (χ3v) is 3.49. The van der Waals surface area contributed by atoms with Crippen LogP contribution in [0, 0.1) is 5.92 Å². The van der Waals surface area contributed by atoms with E-state index in [0.29, 0.717) is 28.4 Å². The normalized spacial score (nSPS) is 10.8. The van der Waals surface area contributed by atoms with Gasteiger partial charge >= 0.3 is 5.56 Å². The Bertz CT molecular complexity index is 668. The third-order valence-electron chi connectivity index (χ3n) is 2.64. The number of benzene rings is 1. The molecule has 1 heterocycles. The quantitative estimate of drug-likeness (QED) is 0.870. The molecule has 0 saturated carbocycles. The number of nitrogen functional groups attached to an aromatic ring is 1. The summed E-state index contributed by atoms with van der Waals surface area (Å²) in [4.78, 5) is 16.2. The topological polar surface area (TPSA) is 70.1 Å². The highest BCUT2D eigenvalue weighted by atomic mass is 79.9. The first-order valence-corrected chi connectivity index (χ1v) is 7.05. The van der Waals surface area contributed by atoms with Crippen LogP contribution in [0.1, 0.15) is 13.8 Å². The molecule has 0 fully saturated rings. The summed E-state index contributed by atoms with van der Waals surface area (Å²) in [7, 11) is 0. The van der Waals surface area contributed by atoms with E-state index in [-0.39, 0.29) is 11.4 Å². The molecule has 2 aromatic rings. The summed E-state index contributed by atoms with van der Waals surface area (Å²) in [5, 5.41) is 0. The predicted octanol–water partition coefficient (Wildman–Crippen LogP) is 3.04. The molecule has 0 amide bonds.